The van der Waals surface area contributed by atoms with Gasteiger partial charge in [0.15, 0.2) is 16.7 Å². The molecule has 134 valence electrons. The van der Waals surface area contributed by atoms with Gasteiger partial charge in [-0.1, -0.05) is 23.7 Å². The number of hydrogen-bond acceptors (Lipinski definition) is 5. The molecule has 1 fully saturated rings. The summed E-state index contributed by atoms with van der Waals surface area (Å²) in [6.07, 6.45) is 1.81. The number of amidine groups is 1. The second kappa shape index (κ2) is 7.85. The smallest absolute Gasteiger partial charge is 0.266 e. The Balaban J connectivity index is 1.90. The molecule has 7 heteroatoms. The number of methoxy groups -OCH3 is 2. The predicted octanol–water partition coefficient (Wildman–Crippen LogP) is 4.59. The molecule has 0 aliphatic carbocycles. The van der Waals surface area contributed by atoms with Gasteiger partial charge < -0.3 is 9.47 Å². The van der Waals surface area contributed by atoms with Crippen molar-refractivity contribution in [1.82, 2.24) is 4.90 Å². The molecule has 0 bridgehead atoms. The van der Waals surface area contributed by atoms with E-state index in [9.17, 15) is 4.79 Å². The molecule has 2 aromatic carbocycles. The zero-order chi connectivity index (χ0) is 18.7. The molecule has 1 aliphatic heterocycles. The molecular weight excluding hydrogens is 372 g/mol. The number of likely N-dealkylation sites (N-methyl/N-ethyl adjacent to an activating group) is 1. The lowest BCUT2D eigenvalue weighted by Gasteiger charge is -2.08. The number of hydrogen-bond donors (Lipinski definition) is 0. The molecule has 0 spiro atoms. The maximum atomic E-state index is 12.5. The van der Waals surface area contributed by atoms with Gasteiger partial charge in [-0.25, -0.2) is 4.99 Å². The van der Waals surface area contributed by atoms with E-state index in [4.69, 9.17) is 21.1 Å². The molecule has 26 heavy (non-hydrogen) atoms. The van der Waals surface area contributed by atoms with Crippen molar-refractivity contribution in [1.29, 1.82) is 0 Å². The van der Waals surface area contributed by atoms with Crippen molar-refractivity contribution in [2.75, 3.05) is 21.3 Å². The van der Waals surface area contributed by atoms with Crippen molar-refractivity contribution >= 4 is 46.2 Å². The van der Waals surface area contributed by atoms with Crippen LogP contribution in [0.2, 0.25) is 5.02 Å². The molecule has 0 atom stereocenters. The number of benzene rings is 2. The molecule has 0 aromatic heterocycles. The van der Waals surface area contributed by atoms with Crippen LogP contribution in [0.5, 0.6) is 11.5 Å². The van der Waals surface area contributed by atoms with Crippen molar-refractivity contribution in [3.05, 3.63) is 58.0 Å². The monoisotopic (exact) mass is 388 g/mol. The molecule has 0 unspecified atom stereocenters. The summed E-state index contributed by atoms with van der Waals surface area (Å²) in [6.45, 7) is 0. The maximum Gasteiger partial charge on any atom is 0.266 e. The van der Waals surface area contributed by atoms with E-state index in [1.807, 2.05) is 30.3 Å². The van der Waals surface area contributed by atoms with Gasteiger partial charge in [0.2, 0.25) is 0 Å². The third kappa shape index (κ3) is 3.86. The number of aliphatic imine (C=N–C) groups is 1. The Hall–Kier alpha value is -2.44. The van der Waals surface area contributed by atoms with E-state index in [0.29, 0.717) is 32.3 Å². The summed E-state index contributed by atoms with van der Waals surface area (Å²) >= 11 is 7.31. The Morgan fingerprint density at radius 2 is 1.88 bits per heavy atom. The van der Waals surface area contributed by atoms with Gasteiger partial charge in [0.25, 0.3) is 5.91 Å². The molecule has 0 radical (unpaired) electrons. The van der Waals surface area contributed by atoms with E-state index in [-0.39, 0.29) is 5.91 Å². The first-order valence-corrected chi connectivity index (χ1v) is 8.95. The predicted molar refractivity (Wildman–Crippen MR) is 106 cm³/mol. The van der Waals surface area contributed by atoms with Crippen LogP contribution in [0.1, 0.15) is 5.56 Å². The second-order valence-corrected chi connectivity index (χ2v) is 6.91. The van der Waals surface area contributed by atoms with Gasteiger partial charge in [0.1, 0.15) is 0 Å². The topological polar surface area (TPSA) is 51.1 Å². The van der Waals surface area contributed by atoms with Gasteiger partial charge in [-0.2, -0.15) is 0 Å². The highest BCUT2D eigenvalue weighted by molar-refractivity contribution is 8.18. The first kappa shape index (κ1) is 18.4. The van der Waals surface area contributed by atoms with Gasteiger partial charge in [0, 0.05) is 12.1 Å². The minimum atomic E-state index is -0.106. The van der Waals surface area contributed by atoms with Crippen LogP contribution in [0.4, 0.5) is 5.69 Å². The molecule has 0 N–H and O–H groups in total. The summed E-state index contributed by atoms with van der Waals surface area (Å²) in [5.74, 6) is 1.14. The highest BCUT2D eigenvalue weighted by Crippen LogP contribution is 2.35. The molecule has 2 aromatic rings. The Labute approximate surface area is 161 Å². The van der Waals surface area contributed by atoms with E-state index in [2.05, 4.69) is 4.99 Å². The van der Waals surface area contributed by atoms with Gasteiger partial charge >= 0.3 is 0 Å². The first-order valence-electron chi connectivity index (χ1n) is 7.75. The third-order valence-electron chi connectivity index (χ3n) is 3.74. The maximum absolute atomic E-state index is 12.5. The Morgan fingerprint density at radius 3 is 2.58 bits per heavy atom. The summed E-state index contributed by atoms with van der Waals surface area (Å²) in [6, 6.07) is 12.7. The number of carbonyl (C=O) groups is 1. The molecule has 1 heterocycles. The summed E-state index contributed by atoms with van der Waals surface area (Å²) < 4.78 is 10.5. The standard InChI is InChI=1S/C19H17ClN2O3S/c1-22-18(23)17(10-12-7-8-15(24-2)16(9-12)25-3)26-19(22)21-14-6-4-5-13(20)11-14/h4-11H,1-3H3/b17-10+,21-19?. The Kier molecular flexibility index (Phi) is 5.54. The molecule has 0 saturated carbocycles. The highest BCUT2D eigenvalue weighted by Gasteiger charge is 2.30. The fourth-order valence-electron chi connectivity index (χ4n) is 2.40. The van der Waals surface area contributed by atoms with Gasteiger partial charge in [0.05, 0.1) is 24.8 Å². The Bertz CT molecular complexity index is 911. The number of ether oxygens (including phenoxy) is 2. The highest BCUT2D eigenvalue weighted by atomic mass is 35.5. The van der Waals surface area contributed by atoms with Crippen LogP contribution in [-0.4, -0.2) is 37.2 Å². The summed E-state index contributed by atoms with van der Waals surface area (Å²) in [4.78, 5) is 19.2. The quantitative estimate of drug-likeness (QED) is 0.719. The second-order valence-electron chi connectivity index (χ2n) is 5.46. The van der Waals surface area contributed by atoms with E-state index in [1.54, 1.807) is 39.5 Å². The molecule has 1 saturated heterocycles. The van der Waals surface area contributed by atoms with Crippen LogP contribution in [0.25, 0.3) is 6.08 Å². The van der Waals surface area contributed by atoms with Crippen LogP contribution in [-0.2, 0) is 4.79 Å². The number of rotatable bonds is 4. The minimum Gasteiger partial charge on any atom is -0.493 e. The minimum absolute atomic E-state index is 0.106. The zero-order valence-corrected chi connectivity index (χ0v) is 16.1. The van der Waals surface area contributed by atoms with Crippen molar-refractivity contribution in [2.24, 2.45) is 4.99 Å². The molecular formula is C19H17ClN2O3S. The number of thioether (sulfide) groups is 1. The normalized spacial score (nSPS) is 17.2. The molecule has 1 amide bonds. The number of carbonyl (C=O) groups excluding carboxylic acids is 1. The van der Waals surface area contributed by atoms with E-state index >= 15 is 0 Å². The zero-order valence-electron chi connectivity index (χ0n) is 14.5. The van der Waals surface area contributed by atoms with Crippen LogP contribution < -0.4 is 9.47 Å². The van der Waals surface area contributed by atoms with Crippen molar-refractivity contribution in [3.63, 3.8) is 0 Å². The average molecular weight is 389 g/mol. The summed E-state index contributed by atoms with van der Waals surface area (Å²) in [5.41, 5.74) is 1.54. The molecule has 5 nitrogen and oxygen atoms in total. The van der Waals surface area contributed by atoms with Gasteiger partial charge in [-0.3, -0.25) is 9.69 Å². The molecule has 3 rings (SSSR count). The largest absolute Gasteiger partial charge is 0.493 e. The SMILES string of the molecule is COc1ccc(/C=C2/SC(=Nc3cccc(Cl)c3)N(C)C2=O)cc1OC. The van der Waals surface area contributed by atoms with Crippen LogP contribution >= 0.6 is 23.4 Å². The number of nitrogens with zero attached hydrogens (tertiary/aromatic N) is 2. The van der Waals surface area contributed by atoms with E-state index < -0.39 is 0 Å². The Morgan fingerprint density at radius 1 is 1.12 bits per heavy atom. The lowest BCUT2D eigenvalue weighted by molar-refractivity contribution is -0.121. The van der Waals surface area contributed by atoms with Crippen molar-refractivity contribution < 1.29 is 14.3 Å². The van der Waals surface area contributed by atoms with Crippen LogP contribution in [0, 0.1) is 0 Å². The summed E-state index contributed by atoms with van der Waals surface area (Å²) in [5, 5.41) is 1.20. The fourth-order valence-corrected chi connectivity index (χ4v) is 3.57. The fraction of sp³-hybridized carbons (Fsp3) is 0.158. The molecule has 1 aliphatic rings. The summed E-state index contributed by atoms with van der Waals surface area (Å²) in [7, 11) is 4.86. The van der Waals surface area contributed by atoms with Gasteiger partial charge in [-0.15, -0.1) is 0 Å². The third-order valence-corrected chi connectivity index (χ3v) is 5.04. The lowest BCUT2D eigenvalue weighted by Crippen LogP contribution is -2.23. The van der Waals surface area contributed by atoms with Crippen LogP contribution in [0.15, 0.2) is 52.4 Å². The van der Waals surface area contributed by atoms with Crippen molar-refractivity contribution in [3.8, 4) is 11.5 Å². The number of amides is 1. The van der Waals surface area contributed by atoms with E-state index in [0.717, 1.165) is 5.56 Å². The number of halogens is 1. The lowest BCUT2D eigenvalue weighted by atomic mass is 10.2. The van der Waals surface area contributed by atoms with Gasteiger partial charge in [-0.05, 0) is 53.7 Å². The van der Waals surface area contributed by atoms with Crippen LogP contribution in [0.3, 0.4) is 0 Å². The van der Waals surface area contributed by atoms with Crippen molar-refractivity contribution in [2.45, 2.75) is 0 Å². The first-order chi connectivity index (χ1) is 12.5. The average Bonchev–Trinajstić information content (AvgIpc) is 2.89. The van der Waals surface area contributed by atoms with E-state index in [1.165, 1.54) is 16.7 Å².